The summed E-state index contributed by atoms with van der Waals surface area (Å²) in [6.45, 7) is 10.3. The normalized spacial score (nSPS) is 21.0. The zero-order valence-electron chi connectivity index (χ0n) is 13.6. The molecule has 1 fully saturated rings. The van der Waals surface area contributed by atoms with Crippen molar-refractivity contribution in [1.29, 1.82) is 0 Å². The summed E-state index contributed by atoms with van der Waals surface area (Å²) in [6.07, 6.45) is 1.07. The summed E-state index contributed by atoms with van der Waals surface area (Å²) in [6, 6.07) is 6.65. The fourth-order valence-electron chi connectivity index (χ4n) is 3.31. The van der Waals surface area contributed by atoms with E-state index in [9.17, 15) is 0 Å². The molecule has 21 heavy (non-hydrogen) atoms. The second-order valence-electron chi connectivity index (χ2n) is 6.04. The van der Waals surface area contributed by atoms with Gasteiger partial charge in [-0.2, -0.15) is 0 Å². The number of hydrogen-bond acceptors (Lipinski definition) is 3. The minimum absolute atomic E-state index is 0.0527. The van der Waals surface area contributed by atoms with Crippen LogP contribution in [0.15, 0.2) is 18.2 Å². The van der Waals surface area contributed by atoms with E-state index in [-0.39, 0.29) is 11.6 Å². The molecule has 0 bridgehead atoms. The predicted molar refractivity (Wildman–Crippen MR) is 89.1 cm³/mol. The first-order chi connectivity index (χ1) is 10.0. The summed E-state index contributed by atoms with van der Waals surface area (Å²) in [7, 11) is 2.03. The van der Waals surface area contributed by atoms with Crippen molar-refractivity contribution in [2.24, 2.45) is 0 Å². The van der Waals surface area contributed by atoms with Crippen LogP contribution in [0.1, 0.15) is 37.4 Å². The Morgan fingerprint density at radius 2 is 2.05 bits per heavy atom. The number of hydrogen-bond donors (Lipinski definition) is 1. The average molecular weight is 311 g/mol. The third-order valence-corrected chi connectivity index (χ3v) is 5.30. The lowest BCUT2D eigenvalue weighted by molar-refractivity contribution is -0.0319. The molecule has 3 nitrogen and oxygen atoms in total. The van der Waals surface area contributed by atoms with E-state index in [0.717, 1.165) is 43.3 Å². The smallest absolute Gasteiger partial charge is 0.0594 e. The number of benzene rings is 1. The third kappa shape index (κ3) is 3.42. The quantitative estimate of drug-likeness (QED) is 0.902. The second kappa shape index (κ2) is 7.10. The van der Waals surface area contributed by atoms with Crippen LogP contribution in [0.5, 0.6) is 0 Å². The van der Waals surface area contributed by atoms with Gasteiger partial charge in [-0.15, -0.1) is 0 Å². The third-order valence-electron chi connectivity index (χ3n) is 4.89. The van der Waals surface area contributed by atoms with Gasteiger partial charge in [-0.25, -0.2) is 0 Å². The standard InChI is InChI=1S/C17H27ClN2O/c1-5-17(3,20-8-10-21-11-9-20)16(19-4)14-7-6-13(2)15(18)12-14/h6-7,12,16,19H,5,8-11H2,1-4H3. The minimum atomic E-state index is 0.0527. The van der Waals surface area contributed by atoms with Gasteiger partial charge in [0, 0.05) is 23.7 Å². The fraction of sp³-hybridized carbons (Fsp3) is 0.647. The van der Waals surface area contributed by atoms with Gasteiger partial charge in [-0.1, -0.05) is 30.7 Å². The van der Waals surface area contributed by atoms with E-state index < -0.39 is 0 Å². The maximum absolute atomic E-state index is 6.33. The first kappa shape index (κ1) is 16.8. The van der Waals surface area contributed by atoms with Gasteiger partial charge in [-0.3, -0.25) is 4.90 Å². The summed E-state index contributed by atoms with van der Waals surface area (Å²) in [5.74, 6) is 0. The Morgan fingerprint density at radius 3 is 2.57 bits per heavy atom. The fourth-order valence-corrected chi connectivity index (χ4v) is 3.50. The molecule has 0 saturated carbocycles. The molecule has 2 unspecified atom stereocenters. The maximum Gasteiger partial charge on any atom is 0.0594 e. The highest BCUT2D eigenvalue weighted by molar-refractivity contribution is 6.31. The molecule has 2 rings (SSSR count). The van der Waals surface area contributed by atoms with E-state index in [1.54, 1.807) is 0 Å². The molecule has 1 aliphatic heterocycles. The van der Waals surface area contributed by atoms with Crippen LogP contribution >= 0.6 is 11.6 Å². The summed E-state index contributed by atoms with van der Waals surface area (Å²) in [5, 5.41) is 4.35. The van der Waals surface area contributed by atoms with Crippen LogP contribution in [0, 0.1) is 6.92 Å². The van der Waals surface area contributed by atoms with Crippen LogP contribution in [0.3, 0.4) is 0 Å². The number of morpholine rings is 1. The van der Waals surface area contributed by atoms with Gasteiger partial charge in [0.1, 0.15) is 0 Å². The van der Waals surface area contributed by atoms with Crippen molar-refractivity contribution in [2.75, 3.05) is 33.4 Å². The molecule has 4 heteroatoms. The second-order valence-corrected chi connectivity index (χ2v) is 6.45. The molecule has 1 aromatic carbocycles. The molecule has 1 heterocycles. The van der Waals surface area contributed by atoms with Gasteiger partial charge in [0.05, 0.1) is 19.3 Å². The lowest BCUT2D eigenvalue weighted by atomic mass is 9.82. The Balaban J connectivity index is 2.33. The Labute approximate surface area is 133 Å². The molecule has 1 aliphatic rings. The molecule has 118 valence electrons. The molecular formula is C17H27ClN2O. The van der Waals surface area contributed by atoms with E-state index in [2.05, 4.69) is 42.3 Å². The van der Waals surface area contributed by atoms with Crippen LogP contribution in [-0.4, -0.2) is 43.8 Å². The molecular weight excluding hydrogens is 284 g/mol. The van der Waals surface area contributed by atoms with Crippen LogP contribution in [-0.2, 0) is 4.74 Å². The van der Waals surface area contributed by atoms with Crippen molar-refractivity contribution < 1.29 is 4.74 Å². The highest BCUT2D eigenvalue weighted by Gasteiger charge is 2.39. The Hall–Kier alpha value is -0.610. The number of aryl methyl sites for hydroxylation is 1. The molecule has 0 aliphatic carbocycles. The molecule has 1 N–H and O–H groups in total. The monoisotopic (exact) mass is 310 g/mol. The highest BCUT2D eigenvalue weighted by atomic mass is 35.5. The number of likely N-dealkylation sites (N-methyl/N-ethyl adjacent to an activating group) is 1. The zero-order chi connectivity index (χ0) is 15.5. The molecule has 1 saturated heterocycles. The molecule has 0 radical (unpaired) electrons. The summed E-state index contributed by atoms with van der Waals surface area (Å²) in [4.78, 5) is 2.55. The Kier molecular flexibility index (Phi) is 5.67. The number of rotatable bonds is 5. The Bertz CT molecular complexity index is 474. The zero-order valence-corrected chi connectivity index (χ0v) is 14.3. The summed E-state index contributed by atoms with van der Waals surface area (Å²) in [5.41, 5.74) is 2.43. The van der Waals surface area contributed by atoms with Crippen LogP contribution in [0.2, 0.25) is 5.02 Å². The van der Waals surface area contributed by atoms with E-state index in [0.29, 0.717) is 0 Å². The lowest BCUT2D eigenvalue weighted by Gasteiger charge is -2.48. The van der Waals surface area contributed by atoms with Crippen LogP contribution < -0.4 is 5.32 Å². The minimum Gasteiger partial charge on any atom is -0.379 e. The van der Waals surface area contributed by atoms with Gasteiger partial charge in [0.25, 0.3) is 0 Å². The average Bonchev–Trinajstić information content (AvgIpc) is 2.52. The predicted octanol–water partition coefficient (Wildman–Crippen LogP) is 3.41. The van der Waals surface area contributed by atoms with Crippen LogP contribution in [0.4, 0.5) is 0 Å². The SMILES string of the molecule is CCC(C)(C(NC)c1ccc(C)c(Cl)c1)N1CCOCC1. The number of halogens is 1. The number of ether oxygens (including phenoxy) is 1. The largest absolute Gasteiger partial charge is 0.379 e. The van der Waals surface area contributed by atoms with E-state index in [1.165, 1.54) is 5.56 Å². The van der Waals surface area contributed by atoms with Crippen molar-refractivity contribution in [3.8, 4) is 0 Å². The molecule has 0 aromatic heterocycles. The maximum atomic E-state index is 6.33. The van der Waals surface area contributed by atoms with E-state index in [4.69, 9.17) is 16.3 Å². The summed E-state index contributed by atoms with van der Waals surface area (Å²) < 4.78 is 5.51. The highest BCUT2D eigenvalue weighted by Crippen LogP contribution is 2.35. The van der Waals surface area contributed by atoms with Crippen molar-refractivity contribution in [2.45, 2.75) is 38.8 Å². The van der Waals surface area contributed by atoms with Crippen molar-refractivity contribution >= 4 is 11.6 Å². The Morgan fingerprint density at radius 1 is 1.38 bits per heavy atom. The van der Waals surface area contributed by atoms with E-state index in [1.807, 2.05) is 14.0 Å². The van der Waals surface area contributed by atoms with Gasteiger partial charge in [-0.05, 0) is 44.5 Å². The molecule has 0 amide bonds. The van der Waals surface area contributed by atoms with Crippen LogP contribution in [0.25, 0.3) is 0 Å². The van der Waals surface area contributed by atoms with Gasteiger partial charge < -0.3 is 10.1 Å². The first-order valence-corrected chi connectivity index (χ1v) is 8.17. The lowest BCUT2D eigenvalue weighted by Crippen LogP contribution is -2.57. The number of nitrogens with zero attached hydrogens (tertiary/aromatic N) is 1. The van der Waals surface area contributed by atoms with Gasteiger partial charge in [0.15, 0.2) is 0 Å². The van der Waals surface area contributed by atoms with Crippen molar-refractivity contribution in [1.82, 2.24) is 10.2 Å². The first-order valence-electron chi connectivity index (χ1n) is 7.79. The topological polar surface area (TPSA) is 24.5 Å². The number of nitrogens with one attached hydrogen (secondary N) is 1. The summed E-state index contributed by atoms with van der Waals surface area (Å²) >= 11 is 6.33. The van der Waals surface area contributed by atoms with E-state index >= 15 is 0 Å². The molecule has 0 spiro atoms. The van der Waals surface area contributed by atoms with Crippen molar-refractivity contribution in [3.05, 3.63) is 34.3 Å². The van der Waals surface area contributed by atoms with Gasteiger partial charge >= 0.3 is 0 Å². The molecule has 2 atom stereocenters. The van der Waals surface area contributed by atoms with Crippen molar-refractivity contribution in [3.63, 3.8) is 0 Å². The van der Waals surface area contributed by atoms with Gasteiger partial charge in [0.2, 0.25) is 0 Å². The molecule has 1 aromatic rings.